The number of esters is 1. The van der Waals surface area contributed by atoms with Crippen LogP contribution in [0.1, 0.15) is 28.4 Å². The number of carbonyl (C=O) groups excluding carboxylic acids is 2. The Morgan fingerprint density at radius 1 is 0.939 bits per heavy atom. The van der Waals surface area contributed by atoms with Crippen molar-refractivity contribution in [3.63, 3.8) is 0 Å². The fourth-order valence-corrected chi connectivity index (χ4v) is 3.92. The summed E-state index contributed by atoms with van der Waals surface area (Å²) in [5, 5.41) is 5.11. The van der Waals surface area contributed by atoms with Crippen LogP contribution in [0.15, 0.2) is 83.8 Å². The van der Waals surface area contributed by atoms with Crippen LogP contribution in [0, 0.1) is 0 Å². The number of nitrogens with two attached hydrogens (primary N) is 1. The first-order valence-electron chi connectivity index (χ1n) is 10.0. The minimum absolute atomic E-state index is 0.0162. The Kier molecular flexibility index (Phi) is 7.86. The summed E-state index contributed by atoms with van der Waals surface area (Å²) in [7, 11) is -4.04. The monoisotopic (exact) mass is 486 g/mol. The van der Waals surface area contributed by atoms with Crippen molar-refractivity contribution in [2.75, 3.05) is 0 Å². The zero-order chi connectivity index (χ0) is 24.0. The van der Waals surface area contributed by atoms with E-state index >= 15 is 0 Å². The van der Waals surface area contributed by atoms with Crippen LogP contribution in [-0.2, 0) is 32.6 Å². The largest absolute Gasteiger partial charge is 0.449 e. The van der Waals surface area contributed by atoms with E-state index in [1.807, 2.05) is 60.7 Å². The molecule has 3 aromatic carbocycles. The standard InChI is InChI=1S/C24H23ClN2O5S/c1-17(32-24(29)21-14-20(33(26,30)31)12-13-22(21)25)23(28)27(15-18-8-4-2-5-9-18)16-19-10-6-3-7-11-19/h2-14,17H,15-16H2,1H3,(H2,26,30,31)/t17-/m1/s1. The fourth-order valence-electron chi connectivity index (χ4n) is 3.19. The highest BCUT2D eigenvalue weighted by Crippen LogP contribution is 2.22. The van der Waals surface area contributed by atoms with Crippen molar-refractivity contribution in [2.45, 2.75) is 31.0 Å². The summed E-state index contributed by atoms with van der Waals surface area (Å²) in [5.74, 6) is -1.33. The summed E-state index contributed by atoms with van der Waals surface area (Å²) in [6.07, 6.45) is -1.14. The van der Waals surface area contributed by atoms with Crippen molar-refractivity contribution in [2.24, 2.45) is 5.14 Å². The van der Waals surface area contributed by atoms with Crippen LogP contribution in [0.5, 0.6) is 0 Å². The molecule has 172 valence electrons. The molecule has 7 nitrogen and oxygen atoms in total. The molecule has 33 heavy (non-hydrogen) atoms. The van der Waals surface area contributed by atoms with Gasteiger partial charge in [-0.1, -0.05) is 72.3 Å². The Balaban J connectivity index is 1.80. The summed E-state index contributed by atoms with van der Waals surface area (Å²) in [4.78, 5) is 27.2. The van der Waals surface area contributed by atoms with Gasteiger partial charge in [-0.25, -0.2) is 18.4 Å². The summed E-state index contributed by atoms with van der Waals surface area (Å²) in [5.41, 5.74) is 1.65. The first-order chi connectivity index (χ1) is 15.6. The number of rotatable bonds is 8. The first-order valence-corrected chi connectivity index (χ1v) is 12.0. The molecule has 1 amide bonds. The number of halogens is 1. The molecular formula is C24H23ClN2O5S. The SMILES string of the molecule is C[C@@H](OC(=O)c1cc(S(N)(=O)=O)ccc1Cl)C(=O)N(Cc1ccccc1)Cc1ccccc1. The maximum atomic E-state index is 13.2. The quantitative estimate of drug-likeness (QED) is 0.488. The minimum atomic E-state index is -4.04. The number of ether oxygens (including phenoxy) is 1. The average molecular weight is 487 g/mol. The molecule has 0 aliphatic carbocycles. The topological polar surface area (TPSA) is 107 Å². The molecule has 0 saturated heterocycles. The van der Waals surface area contributed by atoms with Crippen LogP contribution in [0.2, 0.25) is 5.02 Å². The van der Waals surface area contributed by atoms with Gasteiger partial charge in [-0.05, 0) is 36.2 Å². The molecule has 0 aliphatic rings. The molecule has 0 fully saturated rings. The van der Waals surface area contributed by atoms with E-state index in [2.05, 4.69) is 0 Å². The third-order valence-corrected chi connectivity index (χ3v) is 6.10. The number of benzene rings is 3. The number of hydrogen-bond acceptors (Lipinski definition) is 5. The van der Waals surface area contributed by atoms with Crippen LogP contribution in [-0.4, -0.2) is 31.3 Å². The van der Waals surface area contributed by atoms with Gasteiger partial charge in [0.2, 0.25) is 10.0 Å². The predicted octanol–water partition coefficient (Wildman–Crippen LogP) is 3.76. The molecule has 2 N–H and O–H groups in total. The molecule has 0 spiro atoms. The Morgan fingerprint density at radius 2 is 1.45 bits per heavy atom. The van der Waals surface area contributed by atoms with Crippen LogP contribution in [0.4, 0.5) is 0 Å². The van der Waals surface area contributed by atoms with E-state index in [4.69, 9.17) is 21.5 Å². The second kappa shape index (κ2) is 10.6. The smallest absolute Gasteiger partial charge is 0.340 e. The number of hydrogen-bond donors (Lipinski definition) is 1. The van der Waals surface area contributed by atoms with E-state index < -0.39 is 28.0 Å². The second-order valence-electron chi connectivity index (χ2n) is 7.40. The van der Waals surface area contributed by atoms with Gasteiger partial charge in [-0.2, -0.15) is 0 Å². The van der Waals surface area contributed by atoms with Crippen LogP contribution >= 0.6 is 11.6 Å². The molecule has 3 aromatic rings. The predicted molar refractivity (Wildman–Crippen MR) is 125 cm³/mol. The van der Waals surface area contributed by atoms with Crippen molar-refractivity contribution in [3.05, 3.63) is 101 Å². The molecule has 0 aliphatic heterocycles. The van der Waals surface area contributed by atoms with Gasteiger partial charge in [0.25, 0.3) is 5.91 Å². The Hall–Kier alpha value is -3.20. The lowest BCUT2D eigenvalue weighted by molar-refractivity contribution is -0.141. The third-order valence-electron chi connectivity index (χ3n) is 4.86. The second-order valence-corrected chi connectivity index (χ2v) is 9.37. The lowest BCUT2D eigenvalue weighted by atomic mass is 10.1. The van der Waals surface area contributed by atoms with Gasteiger partial charge in [0.05, 0.1) is 15.5 Å². The fraction of sp³-hybridized carbons (Fsp3) is 0.167. The highest BCUT2D eigenvalue weighted by molar-refractivity contribution is 7.89. The van der Waals surface area contributed by atoms with Crippen LogP contribution in [0.3, 0.4) is 0 Å². The Morgan fingerprint density at radius 3 is 1.94 bits per heavy atom. The molecule has 9 heteroatoms. The molecule has 3 rings (SSSR count). The Bertz CT molecular complexity index is 1190. The summed E-state index contributed by atoms with van der Waals surface area (Å²) < 4.78 is 28.6. The molecule has 0 saturated carbocycles. The molecule has 0 unspecified atom stereocenters. The maximum absolute atomic E-state index is 13.2. The summed E-state index contributed by atoms with van der Waals surface area (Å²) >= 11 is 6.05. The highest BCUT2D eigenvalue weighted by atomic mass is 35.5. The van der Waals surface area contributed by atoms with Gasteiger partial charge in [0, 0.05) is 13.1 Å². The van der Waals surface area contributed by atoms with Gasteiger partial charge >= 0.3 is 5.97 Å². The highest BCUT2D eigenvalue weighted by Gasteiger charge is 2.26. The Labute approximate surface area is 197 Å². The van der Waals surface area contributed by atoms with Gasteiger partial charge in [-0.3, -0.25) is 4.79 Å². The van der Waals surface area contributed by atoms with E-state index in [1.165, 1.54) is 19.1 Å². The zero-order valence-corrected chi connectivity index (χ0v) is 19.4. The van der Waals surface area contributed by atoms with Crippen molar-refractivity contribution in [1.29, 1.82) is 0 Å². The van der Waals surface area contributed by atoms with Crippen molar-refractivity contribution in [3.8, 4) is 0 Å². The number of nitrogens with zero attached hydrogens (tertiary/aromatic N) is 1. The molecule has 0 radical (unpaired) electrons. The van der Waals surface area contributed by atoms with Gasteiger partial charge in [0.1, 0.15) is 0 Å². The zero-order valence-electron chi connectivity index (χ0n) is 17.8. The molecule has 0 heterocycles. The van der Waals surface area contributed by atoms with E-state index in [-0.39, 0.29) is 15.5 Å². The van der Waals surface area contributed by atoms with Crippen LogP contribution < -0.4 is 5.14 Å². The molecular weight excluding hydrogens is 464 g/mol. The molecule has 0 bridgehead atoms. The van der Waals surface area contributed by atoms with Crippen molar-refractivity contribution in [1.82, 2.24) is 4.90 Å². The maximum Gasteiger partial charge on any atom is 0.340 e. The third kappa shape index (κ3) is 6.64. The van der Waals surface area contributed by atoms with Crippen molar-refractivity contribution >= 4 is 33.5 Å². The summed E-state index contributed by atoms with van der Waals surface area (Å²) in [6.45, 7) is 2.09. The number of carbonyl (C=O) groups is 2. The lowest BCUT2D eigenvalue weighted by Gasteiger charge is -2.26. The van der Waals surface area contributed by atoms with Gasteiger partial charge in [0.15, 0.2) is 6.10 Å². The number of amides is 1. The number of primary sulfonamides is 1. The van der Waals surface area contributed by atoms with Crippen molar-refractivity contribution < 1.29 is 22.7 Å². The average Bonchev–Trinajstić information content (AvgIpc) is 2.79. The normalized spacial score (nSPS) is 12.1. The van der Waals surface area contributed by atoms with E-state index in [0.717, 1.165) is 17.2 Å². The minimum Gasteiger partial charge on any atom is -0.449 e. The van der Waals surface area contributed by atoms with E-state index in [9.17, 15) is 18.0 Å². The molecule has 1 atom stereocenters. The molecule has 0 aromatic heterocycles. The van der Waals surface area contributed by atoms with Crippen LogP contribution in [0.25, 0.3) is 0 Å². The van der Waals surface area contributed by atoms with Gasteiger partial charge in [-0.15, -0.1) is 0 Å². The summed E-state index contributed by atoms with van der Waals surface area (Å²) in [6, 6.07) is 22.4. The van der Waals surface area contributed by atoms with Gasteiger partial charge < -0.3 is 9.64 Å². The lowest BCUT2D eigenvalue weighted by Crippen LogP contribution is -2.39. The number of sulfonamides is 1. The van der Waals surface area contributed by atoms with E-state index in [0.29, 0.717) is 13.1 Å². The first kappa shape index (κ1) is 24.4. The van der Waals surface area contributed by atoms with E-state index in [1.54, 1.807) is 4.90 Å².